The standard InChI is InChI=1S/C35H39N5O3/c1-5-40(21-20-39(2)3)19-18-24-10-14-27(15-11-24)36-35(42)26-12-16-30-31(23-26)38-34(37-30)29-22-25(13-17-32(29)41)28-8-6-7-9-33(28)43-4/h6-17,22-23,41H,5,18-21H2,1-4H3,(H,36,42)(H,37,38). The number of phenolic OH excluding ortho intramolecular Hbond substituents is 1. The van der Waals surface area contributed by atoms with Crippen LogP contribution in [0.2, 0.25) is 0 Å². The van der Waals surface area contributed by atoms with Gasteiger partial charge in [-0.3, -0.25) is 4.79 Å². The number of hydrogen-bond acceptors (Lipinski definition) is 6. The second-order valence-corrected chi connectivity index (χ2v) is 10.9. The van der Waals surface area contributed by atoms with Crippen LogP contribution < -0.4 is 10.1 Å². The maximum atomic E-state index is 13.1. The average Bonchev–Trinajstić information content (AvgIpc) is 3.45. The highest BCUT2D eigenvalue weighted by molar-refractivity contribution is 6.06. The van der Waals surface area contributed by atoms with Crippen molar-refractivity contribution in [2.75, 3.05) is 52.7 Å². The van der Waals surface area contributed by atoms with Gasteiger partial charge in [0.15, 0.2) is 0 Å². The van der Waals surface area contributed by atoms with Crippen molar-refractivity contribution in [3.8, 4) is 34.0 Å². The molecule has 0 aliphatic heterocycles. The molecule has 1 heterocycles. The summed E-state index contributed by atoms with van der Waals surface area (Å²) in [6.07, 6.45) is 0.963. The predicted octanol–water partition coefficient (Wildman–Crippen LogP) is 6.29. The number of ether oxygens (including phenoxy) is 1. The third-order valence-electron chi connectivity index (χ3n) is 7.65. The minimum Gasteiger partial charge on any atom is -0.507 e. The van der Waals surface area contributed by atoms with Crippen LogP contribution >= 0.6 is 0 Å². The zero-order chi connectivity index (χ0) is 30.3. The van der Waals surface area contributed by atoms with Gasteiger partial charge < -0.3 is 29.9 Å². The molecule has 0 spiro atoms. The smallest absolute Gasteiger partial charge is 0.255 e. The fourth-order valence-corrected chi connectivity index (χ4v) is 5.07. The molecule has 0 radical (unpaired) electrons. The molecule has 3 N–H and O–H groups in total. The zero-order valence-corrected chi connectivity index (χ0v) is 25.2. The third-order valence-corrected chi connectivity index (χ3v) is 7.65. The topological polar surface area (TPSA) is 93.7 Å². The summed E-state index contributed by atoms with van der Waals surface area (Å²) < 4.78 is 5.52. The van der Waals surface area contributed by atoms with Crippen molar-refractivity contribution >= 4 is 22.6 Å². The summed E-state index contributed by atoms with van der Waals surface area (Å²) in [6.45, 7) is 6.32. The highest BCUT2D eigenvalue weighted by atomic mass is 16.5. The highest BCUT2D eigenvalue weighted by Crippen LogP contribution is 2.36. The van der Waals surface area contributed by atoms with Crippen molar-refractivity contribution < 1.29 is 14.6 Å². The van der Waals surface area contributed by atoms with Crippen molar-refractivity contribution in [3.05, 3.63) is 96.1 Å². The molecule has 5 rings (SSSR count). The first kappa shape index (κ1) is 29.8. The van der Waals surface area contributed by atoms with E-state index in [1.165, 1.54) is 5.56 Å². The Balaban J connectivity index is 1.28. The zero-order valence-electron chi connectivity index (χ0n) is 25.2. The van der Waals surface area contributed by atoms with E-state index in [1.807, 2.05) is 54.6 Å². The lowest BCUT2D eigenvalue weighted by Crippen LogP contribution is -2.33. The Bertz CT molecular complexity index is 1690. The molecule has 8 heteroatoms. The molecule has 0 saturated heterocycles. The van der Waals surface area contributed by atoms with E-state index >= 15 is 0 Å². The van der Waals surface area contributed by atoms with Crippen LogP contribution in [0.3, 0.4) is 0 Å². The molecule has 0 fully saturated rings. The quantitative estimate of drug-likeness (QED) is 0.161. The minimum absolute atomic E-state index is 0.107. The number of imidazole rings is 1. The monoisotopic (exact) mass is 577 g/mol. The molecule has 0 bridgehead atoms. The van der Waals surface area contributed by atoms with Crippen molar-refractivity contribution in [3.63, 3.8) is 0 Å². The van der Waals surface area contributed by atoms with Crippen LogP contribution in [-0.2, 0) is 6.42 Å². The van der Waals surface area contributed by atoms with Gasteiger partial charge in [0, 0.05) is 36.4 Å². The Kier molecular flexibility index (Phi) is 9.39. The van der Waals surface area contributed by atoms with Crippen molar-refractivity contribution in [1.82, 2.24) is 19.8 Å². The number of carbonyl (C=O) groups is 1. The molecule has 222 valence electrons. The second-order valence-electron chi connectivity index (χ2n) is 10.9. The number of likely N-dealkylation sites (N-methyl/N-ethyl adjacent to an activating group) is 2. The second kappa shape index (κ2) is 13.5. The normalized spacial score (nSPS) is 11.4. The molecule has 1 amide bonds. The molecule has 43 heavy (non-hydrogen) atoms. The van der Waals surface area contributed by atoms with E-state index in [9.17, 15) is 9.90 Å². The molecule has 4 aromatic carbocycles. The average molecular weight is 578 g/mol. The van der Waals surface area contributed by atoms with Gasteiger partial charge in [0.1, 0.15) is 17.3 Å². The van der Waals surface area contributed by atoms with Crippen LogP contribution in [0.25, 0.3) is 33.5 Å². The lowest BCUT2D eigenvalue weighted by atomic mass is 10.0. The summed E-state index contributed by atoms with van der Waals surface area (Å²) in [5.41, 5.74) is 6.26. The number of nitrogens with one attached hydrogen (secondary N) is 2. The maximum Gasteiger partial charge on any atom is 0.255 e. The number of benzene rings is 4. The van der Waals surface area contributed by atoms with E-state index in [4.69, 9.17) is 9.72 Å². The van der Waals surface area contributed by atoms with E-state index < -0.39 is 0 Å². The van der Waals surface area contributed by atoms with Gasteiger partial charge in [-0.15, -0.1) is 0 Å². The molecular formula is C35H39N5O3. The summed E-state index contributed by atoms with van der Waals surface area (Å²) in [5.74, 6) is 1.16. The number of methoxy groups -OCH3 is 1. The summed E-state index contributed by atoms with van der Waals surface area (Å²) >= 11 is 0. The number of H-pyrrole nitrogens is 1. The Morgan fingerprint density at radius 1 is 0.930 bits per heavy atom. The number of anilines is 1. The number of para-hydroxylation sites is 1. The number of amides is 1. The highest BCUT2D eigenvalue weighted by Gasteiger charge is 2.15. The summed E-state index contributed by atoms with van der Waals surface area (Å²) in [5, 5.41) is 13.7. The number of carbonyl (C=O) groups excluding carboxylic acids is 1. The van der Waals surface area contributed by atoms with Crippen LogP contribution in [0.1, 0.15) is 22.8 Å². The molecule has 0 atom stereocenters. The largest absolute Gasteiger partial charge is 0.507 e. The number of aromatic amines is 1. The Hall–Kier alpha value is -4.66. The number of fused-ring (bicyclic) bond motifs is 1. The summed E-state index contributed by atoms with van der Waals surface area (Å²) in [7, 11) is 5.83. The first-order chi connectivity index (χ1) is 20.8. The van der Waals surface area contributed by atoms with Crippen LogP contribution in [0.5, 0.6) is 11.5 Å². The van der Waals surface area contributed by atoms with E-state index in [-0.39, 0.29) is 11.7 Å². The maximum absolute atomic E-state index is 13.1. The fourth-order valence-electron chi connectivity index (χ4n) is 5.07. The number of aromatic hydroxyl groups is 1. The number of aromatic nitrogens is 2. The van der Waals surface area contributed by atoms with Gasteiger partial charge in [-0.25, -0.2) is 4.98 Å². The van der Waals surface area contributed by atoms with Gasteiger partial charge in [-0.1, -0.05) is 43.3 Å². The van der Waals surface area contributed by atoms with Gasteiger partial charge in [-0.2, -0.15) is 0 Å². The molecule has 5 aromatic rings. The Morgan fingerprint density at radius 3 is 2.47 bits per heavy atom. The number of rotatable bonds is 12. The van der Waals surface area contributed by atoms with Crippen LogP contribution in [0, 0.1) is 0 Å². The lowest BCUT2D eigenvalue weighted by Gasteiger charge is -2.22. The first-order valence-corrected chi connectivity index (χ1v) is 14.6. The van der Waals surface area contributed by atoms with Crippen molar-refractivity contribution in [2.24, 2.45) is 0 Å². The lowest BCUT2D eigenvalue weighted by molar-refractivity contribution is 0.102. The number of phenols is 1. The molecule has 1 aromatic heterocycles. The van der Waals surface area contributed by atoms with E-state index in [1.54, 1.807) is 25.3 Å². The van der Waals surface area contributed by atoms with Gasteiger partial charge in [0.2, 0.25) is 0 Å². The van der Waals surface area contributed by atoms with Crippen LogP contribution in [-0.4, -0.2) is 78.2 Å². The van der Waals surface area contributed by atoms with E-state index in [0.717, 1.165) is 60.7 Å². The molecule has 0 unspecified atom stereocenters. The summed E-state index contributed by atoms with van der Waals surface area (Å²) in [6, 6.07) is 26.5. The van der Waals surface area contributed by atoms with E-state index in [0.29, 0.717) is 22.5 Å². The van der Waals surface area contributed by atoms with Gasteiger partial charge in [0.25, 0.3) is 5.91 Å². The predicted molar refractivity (Wildman–Crippen MR) is 174 cm³/mol. The Morgan fingerprint density at radius 2 is 1.72 bits per heavy atom. The van der Waals surface area contributed by atoms with E-state index in [2.05, 4.69) is 53.3 Å². The van der Waals surface area contributed by atoms with Crippen molar-refractivity contribution in [2.45, 2.75) is 13.3 Å². The van der Waals surface area contributed by atoms with Crippen LogP contribution in [0.15, 0.2) is 84.9 Å². The molecule has 0 aliphatic carbocycles. The molecule has 8 nitrogen and oxygen atoms in total. The van der Waals surface area contributed by atoms with Gasteiger partial charge in [-0.05, 0) is 86.7 Å². The SMILES string of the molecule is CCN(CCc1ccc(NC(=O)c2ccc3[nH]c(-c4cc(-c5ccccc5OC)ccc4O)nc3c2)cc1)CCN(C)C. The molecule has 0 aliphatic rings. The Labute approximate surface area is 253 Å². The molecular weight excluding hydrogens is 538 g/mol. The van der Waals surface area contributed by atoms with Gasteiger partial charge >= 0.3 is 0 Å². The number of nitrogens with zero attached hydrogens (tertiary/aromatic N) is 3. The third kappa shape index (κ3) is 7.23. The van der Waals surface area contributed by atoms with Crippen LogP contribution in [0.4, 0.5) is 5.69 Å². The number of hydrogen-bond donors (Lipinski definition) is 3. The first-order valence-electron chi connectivity index (χ1n) is 14.6. The minimum atomic E-state index is -0.207. The summed E-state index contributed by atoms with van der Waals surface area (Å²) in [4.78, 5) is 25.8. The molecule has 0 saturated carbocycles. The van der Waals surface area contributed by atoms with Crippen molar-refractivity contribution in [1.29, 1.82) is 0 Å². The van der Waals surface area contributed by atoms with Gasteiger partial charge in [0.05, 0.1) is 23.7 Å². The fraction of sp³-hybridized carbons (Fsp3) is 0.257.